The molecule has 2 rings (SSSR count). The van der Waals surface area contributed by atoms with Crippen LogP contribution in [0, 0.1) is 11.8 Å². The van der Waals surface area contributed by atoms with E-state index in [0.29, 0.717) is 17.9 Å². The minimum atomic E-state index is -1.71. The highest BCUT2D eigenvalue weighted by atomic mass is 16.3. The minimum absolute atomic E-state index is 0.0234. The predicted octanol–water partition coefficient (Wildman–Crippen LogP) is -3.93. The van der Waals surface area contributed by atoms with Gasteiger partial charge in [0, 0.05) is 24.3 Å². The predicted molar refractivity (Wildman–Crippen MR) is 323 cm³/mol. The summed E-state index contributed by atoms with van der Waals surface area (Å²) in [5, 5.41) is 42.6. The Bertz CT molecular complexity index is 2450. The third-order valence-corrected chi connectivity index (χ3v) is 14.5. The number of nitrogens with zero attached hydrogens (tertiary/aromatic N) is 3. The Labute approximate surface area is 508 Å². The topological polar surface area (TPSA) is 519 Å². The van der Waals surface area contributed by atoms with Gasteiger partial charge < -0.3 is 92.3 Å². The molecule has 1 heterocycles. The molecule has 31 nitrogen and oxygen atoms in total. The van der Waals surface area contributed by atoms with E-state index in [1.165, 1.54) is 13.8 Å². The van der Waals surface area contributed by atoms with E-state index >= 15 is 0 Å². The maximum atomic E-state index is 14.6. The average molecular weight is 1230 g/mol. The van der Waals surface area contributed by atoms with Crippen LogP contribution in [0.4, 0.5) is 0 Å². The standard InChI is InChI=1S/C56H97N19O12/c1-7-32(4)13-11-12-16-44(77)64-36(17-23-57)51(82)73-46(34(6)76)56(87)69-39(20-26-60)48(79)68-41-22-28-63-55(86)45(33(5)74-75-62)72-52(83)40(21-27-61)66-47(78)37(18-24-58)67-53(84)42(29-31(2)3)70-54(85)43(30-35-14-9-8-10-15-35)71-49(80)38(19-25-59)65-50(41)81/h8-10,14-15,31-34,36-43,45-46,76H,7,11-13,16-30,57-61H2,1-6H3,(H,63,86)(H,64,77)(H,65,81)(H,66,78)(H,67,84)(H,68,79)(H,69,87)(H,70,85)(H,71,80)(H,72,83)(H,73,82)/t32-,33?,34+,36-,37-,38-,39-,40-,41-,42-,43+,45-,46-/m0/s1. The zero-order valence-electron chi connectivity index (χ0n) is 51.1. The van der Waals surface area contributed by atoms with Gasteiger partial charge in [-0.15, -0.1) is 0 Å². The van der Waals surface area contributed by atoms with E-state index in [4.69, 9.17) is 28.7 Å². The number of benzene rings is 1. The summed E-state index contributed by atoms with van der Waals surface area (Å²) >= 11 is 0. The van der Waals surface area contributed by atoms with Gasteiger partial charge in [0.25, 0.3) is 0 Å². The van der Waals surface area contributed by atoms with Gasteiger partial charge in [0.1, 0.15) is 60.4 Å². The molecule has 1 saturated heterocycles. The van der Waals surface area contributed by atoms with Crippen LogP contribution in [0.1, 0.15) is 124 Å². The van der Waals surface area contributed by atoms with Crippen LogP contribution in [-0.2, 0) is 59.2 Å². The Balaban J connectivity index is 2.73. The molecule has 488 valence electrons. The van der Waals surface area contributed by atoms with E-state index in [1.54, 1.807) is 44.2 Å². The number of unbranched alkanes of at least 4 members (excludes halogenated alkanes) is 1. The van der Waals surface area contributed by atoms with Gasteiger partial charge in [0.05, 0.1) is 12.1 Å². The van der Waals surface area contributed by atoms with Crippen molar-refractivity contribution in [3.05, 3.63) is 46.3 Å². The summed E-state index contributed by atoms with van der Waals surface area (Å²) in [6.45, 7) is 9.03. The first kappa shape index (κ1) is 75.6. The van der Waals surface area contributed by atoms with E-state index in [2.05, 4.69) is 82.4 Å². The fourth-order valence-electron chi connectivity index (χ4n) is 9.27. The number of aliphatic hydroxyl groups is 1. The molecular formula is C56H97N19O12. The fourth-order valence-corrected chi connectivity index (χ4v) is 9.27. The molecule has 11 amide bonds. The first-order chi connectivity index (χ1) is 41.4. The molecule has 0 aliphatic carbocycles. The van der Waals surface area contributed by atoms with Gasteiger partial charge in [-0.3, -0.25) is 52.7 Å². The van der Waals surface area contributed by atoms with Crippen molar-refractivity contribution in [3.8, 4) is 0 Å². The van der Waals surface area contributed by atoms with Crippen molar-refractivity contribution in [2.75, 3.05) is 39.3 Å². The number of azide groups is 1. The number of aliphatic hydroxyl groups excluding tert-OH is 1. The molecule has 22 N–H and O–H groups in total. The SMILES string of the molecule is CC[C@H](C)CCCCC(=O)N[C@@H](CCN)C(=O)N[C@H](C(=O)N[C@@H](CCN)C(=O)N[C@H]1CCNC(=O)[C@H](C(C)N=[N+]=[N-])NC(=O)[C@H](CCN)NC(=O)[C@H](CCN)NC(=O)[C@H](CC(C)C)NC(=O)[C@@H](Cc2ccccc2)NC(=O)[C@H](CCN)NC1=O)[C@@H](C)O. The van der Waals surface area contributed by atoms with Gasteiger partial charge in [-0.05, 0) is 114 Å². The van der Waals surface area contributed by atoms with E-state index < -0.39 is 151 Å². The molecule has 0 saturated carbocycles. The van der Waals surface area contributed by atoms with Crippen molar-refractivity contribution >= 4 is 65.0 Å². The largest absolute Gasteiger partial charge is 0.391 e. The van der Waals surface area contributed by atoms with Crippen LogP contribution in [0.3, 0.4) is 0 Å². The quantitative estimate of drug-likeness (QED) is 0.0151. The molecule has 1 fully saturated rings. The molecule has 1 aromatic carbocycles. The lowest BCUT2D eigenvalue weighted by molar-refractivity contribution is -0.137. The first-order valence-electron chi connectivity index (χ1n) is 29.9. The van der Waals surface area contributed by atoms with Crippen LogP contribution >= 0.6 is 0 Å². The summed E-state index contributed by atoms with van der Waals surface area (Å²) in [6.07, 6.45) is 0.390. The highest BCUT2D eigenvalue weighted by Crippen LogP contribution is 2.14. The Morgan fingerprint density at radius 1 is 0.621 bits per heavy atom. The Morgan fingerprint density at radius 3 is 1.64 bits per heavy atom. The summed E-state index contributed by atoms with van der Waals surface area (Å²) in [5.74, 6) is -9.54. The van der Waals surface area contributed by atoms with Gasteiger partial charge in [-0.25, -0.2) is 0 Å². The molecule has 0 spiro atoms. The van der Waals surface area contributed by atoms with Gasteiger partial charge in [-0.1, -0.05) is 89.3 Å². The molecule has 0 bridgehead atoms. The molecule has 1 aliphatic rings. The van der Waals surface area contributed by atoms with Crippen molar-refractivity contribution in [3.63, 3.8) is 0 Å². The maximum Gasteiger partial charge on any atom is 0.245 e. The second kappa shape index (κ2) is 40.8. The first-order valence-corrected chi connectivity index (χ1v) is 29.9. The van der Waals surface area contributed by atoms with Crippen LogP contribution in [0.15, 0.2) is 35.4 Å². The summed E-state index contributed by atoms with van der Waals surface area (Å²) in [4.78, 5) is 157. The number of hydrogen-bond donors (Lipinski definition) is 17. The van der Waals surface area contributed by atoms with E-state index in [0.717, 1.165) is 19.3 Å². The molecular weight excluding hydrogens is 1130 g/mol. The number of amides is 11. The van der Waals surface area contributed by atoms with Crippen molar-refractivity contribution < 1.29 is 57.8 Å². The second-order valence-electron chi connectivity index (χ2n) is 22.3. The second-order valence-corrected chi connectivity index (χ2v) is 22.3. The van der Waals surface area contributed by atoms with Gasteiger partial charge >= 0.3 is 0 Å². The zero-order chi connectivity index (χ0) is 65.2. The molecule has 0 aromatic heterocycles. The number of carbonyl (C=O) groups excluding carboxylic acids is 11. The highest BCUT2D eigenvalue weighted by molar-refractivity contribution is 5.99. The maximum absolute atomic E-state index is 14.6. The summed E-state index contributed by atoms with van der Waals surface area (Å²) < 4.78 is 0. The monoisotopic (exact) mass is 1230 g/mol. The molecule has 0 radical (unpaired) electrons. The smallest absolute Gasteiger partial charge is 0.245 e. The third-order valence-electron chi connectivity index (χ3n) is 14.5. The van der Waals surface area contributed by atoms with E-state index in [1.807, 2.05) is 0 Å². The molecule has 31 heteroatoms. The number of carbonyl (C=O) groups is 11. The number of nitrogens with one attached hydrogen (secondary N) is 11. The molecule has 1 aromatic rings. The molecule has 1 aliphatic heterocycles. The van der Waals surface area contributed by atoms with Gasteiger partial charge in [-0.2, -0.15) is 0 Å². The lowest BCUT2D eigenvalue weighted by Crippen LogP contribution is -2.62. The highest BCUT2D eigenvalue weighted by Gasteiger charge is 2.38. The Kier molecular flexibility index (Phi) is 35.4. The number of rotatable bonds is 30. The molecule has 13 atom stereocenters. The van der Waals surface area contributed by atoms with Crippen molar-refractivity contribution in [1.29, 1.82) is 0 Å². The van der Waals surface area contributed by atoms with Crippen molar-refractivity contribution in [2.45, 2.75) is 198 Å². The van der Waals surface area contributed by atoms with Crippen LogP contribution in [0.25, 0.3) is 10.4 Å². The van der Waals surface area contributed by atoms with Crippen LogP contribution in [-0.4, -0.2) is 182 Å². The number of nitrogens with two attached hydrogens (primary N) is 5. The summed E-state index contributed by atoms with van der Waals surface area (Å²) in [7, 11) is 0. The van der Waals surface area contributed by atoms with E-state index in [9.17, 15) is 63.4 Å². The summed E-state index contributed by atoms with van der Waals surface area (Å²) in [6, 6.07) is -7.64. The lowest BCUT2D eigenvalue weighted by Gasteiger charge is -2.29. The Hall–Kier alpha value is -7.54. The zero-order valence-corrected chi connectivity index (χ0v) is 51.1. The van der Waals surface area contributed by atoms with Crippen molar-refractivity contribution in [2.24, 2.45) is 45.6 Å². The Morgan fingerprint density at radius 2 is 1.13 bits per heavy atom. The minimum Gasteiger partial charge on any atom is -0.391 e. The van der Waals surface area contributed by atoms with Crippen LogP contribution < -0.4 is 87.2 Å². The fraction of sp³-hybridized carbons (Fsp3) is 0.696. The van der Waals surface area contributed by atoms with Gasteiger partial charge in [0.15, 0.2) is 0 Å². The normalized spacial score (nSPS) is 22.5. The van der Waals surface area contributed by atoms with Crippen LogP contribution in [0.5, 0.6) is 0 Å². The van der Waals surface area contributed by atoms with Gasteiger partial charge in [0.2, 0.25) is 65.0 Å². The average Bonchev–Trinajstić information content (AvgIpc) is 3.23. The van der Waals surface area contributed by atoms with Crippen molar-refractivity contribution in [1.82, 2.24) is 58.5 Å². The third kappa shape index (κ3) is 27.4. The van der Waals surface area contributed by atoms with E-state index in [-0.39, 0.29) is 90.0 Å². The summed E-state index contributed by atoms with van der Waals surface area (Å²) in [5.41, 5.74) is 39.4. The van der Waals surface area contributed by atoms with Crippen LogP contribution in [0.2, 0.25) is 0 Å². The number of hydrogen-bond acceptors (Lipinski definition) is 18. The lowest BCUT2D eigenvalue weighted by atomic mass is 10.00. The molecule has 1 unspecified atom stereocenters. The molecule has 87 heavy (non-hydrogen) atoms.